The molecule has 2 amide bonds. The summed E-state index contributed by atoms with van der Waals surface area (Å²) in [5.41, 5.74) is -0.928. The summed E-state index contributed by atoms with van der Waals surface area (Å²) >= 11 is 6.09. The standard InChI is InChI=1S/C22H25ClF3N3O6S/c1-21(2,3)35-20(31)28-10-15(9-17(28)19(30)29(12-27)13-4-5-13)36(32,33)18-7-6-14(8-16(18)23)34-11-22(24,25)26/h6-8,13,15,17H,4-5,9-11H2,1-3H3/t15-,17+/m1/s1. The fourth-order valence-electron chi connectivity index (χ4n) is 3.73. The molecule has 1 aromatic carbocycles. The highest BCUT2D eigenvalue weighted by Crippen LogP contribution is 2.36. The van der Waals surface area contributed by atoms with Crippen molar-refractivity contribution in [2.24, 2.45) is 0 Å². The minimum Gasteiger partial charge on any atom is -0.484 e. The average molecular weight is 552 g/mol. The van der Waals surface area contributed by atoms with E-state index < -0.39 is 58.1 Å². The van der Waals surface area contributed by atoms with E-state index in [0.29, 0.717) is 12.8 Å². The van der Waals surface area contributed by atoms with Crippen LogP contribution in [0.1, 0.15) is 40.0 Å². The molecule has 0 unspecified atom stereocenters. The van der Waals surface area contributed by atoms with Crippen LogP contribution in [-0.4, -0.2) is 72.5 Å². The number of amides is 2. The van der Waals surface area contributed by atoms with Crippen molar-refractivity contribution >= 4 is 33.4 Å². The molecule has 1 aliphatic heterocycles. The van der Waals surface area contributed by atoms with E-state index in [-0.39, 0.29) is 28.1 Å². The molecule has 1 saturated carbocycles. The molecule has 0 N–H and O–H groups in total. The molecule has 14 heteroatoms. The molecule has 3 rings (SSSR count). The molecule has 0 radical (unpaired) electrons. The highest BCUT2D eigenvalue weighted by atomic mass is 35.5. The van der Waals surface area contributed by atoms with Gasteiger partial charge in [0, 0.05) is 18.7 Å². The van der Waals surface area contributed by atoms with E-state index in [4.69, 9.17) is 16.3 Å². The number of nitrogens with zero attached hydrogens (tertiary/aromatic N) is 3. The molecule has 198 valence electrons. The number of carbonyl (C=O) groups excluding carboxylic acids is 2. The third-order valence-electron chi connectivity index (χ3n) is 5.48. The lowest BCUT2D eigenvalue weighted by Gasteiger charge is -2.29. The van der Waals surface area contributed by atoms with Crippen LogP contribution in [0.4, 0.5) is 18.0 Å². The molecule has 1 saturated heterocycles. The maximum atomic E-state index is 13.4. The molecule has 1 heterocycles. The van der Waals surface area contributed by atoms with E-state index in [1.54, 1.807) is 20.8 Å². The second-order valence-electron chi connectivity index (χ2n) is 9.59. The van der Waals surface area contributed by atoms with E-state index in [1.807, 2.05) is 6.19 Å². The van der Waals surface area contributed by atoms with Crippen molar-refractivity contribution in [1.82, 2.24) is 9.80 Å². The molecular weight excluding hydrogens is 527 g/mol. The van der Waals surface area contributed by atoms with Crippen molar-refractivity contribution < 1.29 is 40.7 Å². The van der Waals surface area contributed by atoms with Gasteiger partial charge >= 0.3 is 12.3 Å². The van der Waals surface area contributed by atoms with Crippen molar-refractivity contribution in [2.45, 2.75) is 74.0 Å². The first-order valence-corrected chi connectivity index (χ1v) is 12.9. The minimum atomic E-state index is -4.59. The molecule has 2 atom stereocenters. The number of alkyl halides is 3. The van der Waals surface area contributed by atoms with Crippen LogP contribution in [0.25, 0.3) is 0 Å². The Kier molecular flexibility index (Phi) is 7.72. The number of halogens is 4. The predicted molar refractivity (Wildman–Crippen MR) is 121 cm³/mol. The highest BCUT2D eigenvalue weighted by Gasteiger charge is 2.50. The topological polar surface area (TPSA) is 117 Å². The van der Waals surface area contributed by atoms with Gasteiger partial charge < -0.3 is 9.47 Å². The van der Waals surface area contributed by atoms with E-state index in [0.717, 1.165) is 28.0 Å². The maximum Gasteiger partial charge on any atom is 0.422 e. The van der Waals surface area contributed by atoms with Crippen molar-refractivity contribution in [3.05, 3.63) is 23.2 Å². The lowest BCUT2D eigenvalue weighted by Crippen LogP contribution is -2.48. The van der Waals surface area contributed by atoms with Crippen LogP contribution in [0.2, 0.25) is 5.02 Å². The molecular formula is C22H25ClF3N3O6S. The van der Waals surface area contributed by atoms with Crippen LogP contribution in [0.15, 0.2) is 23.1 Å². The van der Waals surface area contributed by atoms with Gasteiger partial charge in [0.2, 0.25) is 0 Å². The number of hydrogen-bond acceptors (Lipinski definition) is 7. The number of ether oxygens (including phenoxy) is 2. The van der Waals surface area contributed by atoms with Crippen molar-refractivity contribution in [1.29, 1.82) is 5.26 Å². The minimum absolute atomic E-state index is 0.278. The number of sulfone groups is 1. The lowest BCUT2D eigenvalue weighted by molar-refractivity contribution is -0.153. The van der Waals surface area contributed by atoms with Gasteiger partial charge in [-0.1, -0.05) is 11.6 Å². The summed E-state index contributed by atoms with van der Waals surface area (Å²) in [6.07, 6.45) is -2.75. The van der Waals surface area contributed by atoms with Crippen LogP contribution < -0.4 is 4.74 Å². The Morgan fingerprint density at radius 1 is 1.25 bits per heavy atom. The number of carbonyl (C=O) groups is 2. The largest absolute Gasteiger partial charge is 0.484 e. The Hall–Kier alpha value is -2.72. The van der Waals surface area contributed by atoms with E-state index >= 15 is 0 Å². The number of rotatable bonds is 6. The van der Waals surface area contributed by atoms with Crippen LogP contribution >= 0.6 is 11.6 Å². The van der Waals surface area contributed by atoms with E-state index in [2.05, 4.69) is 4.74 Å². The monoisotopic (exact) mass is 551 g/mol. The Morgan fingerprint density at radius 2 is 1.89 bits per heavy atom. The summed E-state index contributed by atoms with van der Waals surface area (Å²) in [6.45, 7) is 2.85. The van der Waals surface area contributed by atoms with Gasteiger partial charge in [-0.15, -0.1) is 0 Å². The van der Waals surface area contributed by atoms with Crippen molar-refractivity contribution in [3.8, 4) is 11.9 Å². The first kappa shape index (κ1) is 27.9. The van der Waals surface area contributed by atoms with Crippen LogP contribution in [0.3, 0.4) is 0 Å². The molecule has 2 aliphatic rings. The van der Waals surface area contributed by atoms with Gasteiger partial charge in [0.15, 0.2) is 22.6 Å². The lowest BCUT2D eigenvalue weighted by atomic mass is 10.2. The van der Waals surface area contributed by atoms with Crippen LogP contribution in [0, 0.1) is 11.5 Å². The maximum absolute atomic E-state index is 13.4. The zero-order valence-corrected chi connectivity index (χ0v) is 21.3. The summed E-state index contributed by atoms with van der Waals surface area (Å²) in [5, 5.41) is 7.79. The molecule has 1 aromatic rings. The van der Waals surface area contributed by atoms with Gasteiger partial charge in [-0.25, -0.2) is 18.1 Å². The molecule has 9 nitrogen and oxygen atoms in total. The summed E-state index contributed by atoms with van der Waals surface area (Å²) in [7, 11) is -4.26. The number of likely N-dealkylation sites (tertiary alicyclic amines) is 1. The van der Waals surface area contributed by atoms with Gasteiger partial charge in [0.05, 0.1) is 15.2 Å². The Bertz CT molecular complexity index is 1170. The number of hydrogen-bond donors (Lipinski definition) is 0. The molecule has 0 spiro atoms. The third-order valence-corrected chi connectivity index (χ3v) is 8.10. The molecule has 0 bridgehead atoms. The molecule has 1 aliphatic carbocycles. The van der Waals surface area contributed by atoms with Gasteiger partial charge in [0.25, 0.3) is 5.91 Å². The Labute approximate surface area is 211 Å². The average Bonchev–Trinajstić information content (AvgIpc) is 3.46. The number of benzene rings is 1. The Morgan fingerprint density at radius 3 is 2.39 bits per heavy atom. The fourth-order valence-corrected chi connectivity index (χ4v) is 5.96. The molecule has 2 fully saturated rings. The van der Waals surface area contributed by atoms with E-state index in [9.17, 15) is 36.4 Å². The zero-order chi connectivity index (χ0) is 27.1. The van der Waals surface area contributed by atoms with Crippen molar-refractivity contribution in [3.63, 3.8) is 0 Å². The number of nitriles is 1. The second-order valence-corrected chi connectivity index (χ2v) is 12.2. The second kappa shape index (κ2) is 9.97. The smallest absolute Gasteiger partial charge is 0.422 e. The summed E-state index contributed by atoms with van der Waals surface area (Å²) < 4.78 is 74.0. The van der Waals surface area contributed by atoms with Crippen LogP contribution in [0.5, 0.6) is 5.75 Å². The summed E-state index contributed by atoms with van der Waals surface area (Å²) in [6, 6.07) is 1.46. The van der Waals surface area contributed by atoms with Gasteiger partial charge in [-0.2, -0.15) is 18.4 Å². The summed E-state index contributed by atoms with van der Waals surface area (Å²) in [4.78, 5) is 27.6. The first-order valence-electron chi connectivity index (χ1n) is 11.0. The zero-order valence-electron chi connectivity index (χ0n) is 19.7. The van der Waals surface area contributed by atoms with Gasteiger partial charge in [-0.05, 0) is 52.2 Å². The quantitative estimate of drug-likeness (QED) is 0.389. The van der Waals surface area contributed by atoms with Gasteiger partial charge in [0.1, 0.15) is 17.4 Å². The van der Waals surface area contributed by atoms with Gasteiger partial charge in [-0.3, -0.25) is 9.69 Å². The summed E-state index contributed by atoms with van der Waals surface area (Å²) in [5.74, 6) is -0.981. The first-order chi connectivity index (χ1) is 16.5. The normalized spacial score (nSPS) is 20.6. The van der Waals surface area contributed by atoms with E-state index in [1.165, 1.54) is 0 Å². The van der Waals surface area contributed by atoms with Crippen LogP contribution in [-0.2, 0) is 19.4 Å². The third kappa shape index (κ3) is 6.53. The molecule has 0 aromatic heterocycles. The highest BCUT2D eigenvalue weighted by molar-refractivity contribution is 7.92. The Balaban J connectivity index is 1.88. The fraction of sp³-hybridized carbons (Fsp3) is 0.591. The van der Waals surface area contributed by atoms with Crippen molar-refractivity contribution in [2.75, 3.05) is 13.2 Å². The predicted octanol–water partition coefficient (Wildman–Crippen LogP) is 3.90. The SMILES string of the molecule is CC(C)(C)OC(=O)N1C[C@H](S(=O)(=O)c2ccc(OCC(F)(F)F)cc2Cl)C[C@H]1C(=O)N(C#N)C1CC1. The molecule has 36 heavy (non-hydrogen) atoms.